The van der Waals surface area contributed by atoms with Crippen molar-refractivity contribution in [3.05, 3.63) is 47.5 Å². The van der Waals surface area contributed by atoms with Gasteiger partial charge in [-0.15, -0.1) is 0 Å². The third-order valence-corrected chi connectivity index (χ3v) is 3.93. The number of allylic oxidation sites excluding steroid dienone is 1. The fourth-order valence-electron chi connectivity index (χ4n) is 2.85. The Kier molecular flexibility index (Phi) is 2.71. The lowest BCUT2D eigenvalue weighted by Crippen LogP contribution is -2.47. The highest BCUT2D eigenvalue weighted by molar-refractivity contribution is 5.19. The molecule has 3 unspecified atom stereocenters. The summed E-state index contributed by atoms with van der Waals surface area (Å²) in [5.74, 6) is 0.438. The van der Waals surface area contributed by atoms with Crippen LogP contribution in [0.5, 0.6) is 0 Å². The summed E-state index contributed by atoms with van der Waals surface area (Å²) in [5.41, 5.74) is 0.539. The van der Waals surface area contributed by atoms with Gasteiger partial charge in [0.15, 0.2) is 0 Å². The molecule has 1 aromatic rings. The van der Waals surface area contributed by atoms with Gasteiger partial charge in [-0.25, -0.2) is 8.78 Å². The predicted molar refractivity (Wildman–Crippen MR) is 62.3 cm³/mol. The molecule has 1 saturated carbocycles. The molecule has 1 N–H and O–H groups in total. The zero-order valence-electron chi connectivity index (χ0n) is 9.50. The van der Waals surface area contributed by atoms with Gasteiger partial charge in [0.2, 0.25) is 0 Å². The number of hydrogen-bond acceptors (Lipinski definition) is 1. The quantitative estimate of drug-likeness (QED) is 0.794. The van der Waals surface area contributed by atoms with Gasteiger partial charge in [0.1, 0.15) is 11.6 Å². The van der Waals surface area contributed by atoms with Crippen molar-refractivity contribution in [2.75, 3.05) is 0 Å². The lowest BCUT2D eigenvalue weighted by Gasteiger charge is -2.40. The van der Waals surface area contributed by atoms with Crippen LogP contribution >= 0.6 is 0 Å². The molecule has 0 aromatic heterocycles. The summed E-state index contributed by atoms with van der Waals surface area (Å²) < 4.78 is 26.1. The number of halogens is 2. The summed E-state index contributed by atoms with van der Waals surface area (Å²) in [6, 6.07) is 4.22. The van der Waals surface area contributed by atoms with Crippen LogP contribution in [0.4, 0.5) is 8.78 Å². The minimum atomic E-state index is -0.520. The van der Waals surface area contributed by atoms with Crippen molar-refractivity contribution in [1.82, 2.24) is 5.32 Å². The molecular weight excluding hydrogens is 220 g/mol. The third-order valence-electron chi connectivity index (χ3n) is 3.93. The molecule has 3 atom stereocenters. The molecule has 2 aliphatic carbocycles. The van der Waals surface area contributed by atoms with Gasteiger partial charge in [0, 0.05) is 24.2 Å². The van der Waals surface area contributed by atoms with Gasteiger partial charge in [-0.05, 0) is 30.7 Å². The summed E-state index contributed by atoms with van der Waals surface area (Å²) in [5, 5.41) is 3.35. The van der Waals surface area contributed by atoms with Gasteiger partial charge in [0.05, 0.1) is 0 Å². The maximum atomic E-state index is 13.4. The second-order valence-corrected chi connectivity index (χ2v) is 4.96. The Hall–Kier alpha value is -1.22. The summed E-state index contributed by atoms with van der Waals surface area (Å²) >= 11 is 0. The van der Waals surface area contributed by atoms with E-state index in [1.807, 2.05) is 0 Å². The zero-order valence-corrected chi connectivity index (χ0v) is 9.50. The molecule has 0 bridgehead atoms. The van der Waals surface area contributed by atoms with Crippen molar-refractivity contribution in [1.29, 1.82) is 0 Å². The molecule has 2 aliphatic rings. The standard InChI is InChI=1S/C14H15F2N/c15-11-5-4-10(13(16)7-11)8-17-14-6-9-2-1-3-12(9)14/h1,3-5,7,9,12,14,17H,2,6,8H2. The molecule has 0 saturated heterocycles. The molecule has 1 fully saturated rings. The third kappa shape index (κ3) is 2.00. The van der Waals surface area contributed by atoms with Crippen LogP contribution < -0.4 is 5.32 Å². The van der Waals surface area contributed by atoms with Crippen molar-refractivity contribution in [3.8, 4) is 0 Å². The molecular formula is C14H15F2N. The van der Waals surface area contributed by atoms with Gasteiger partial charge in [-0.3, -0.25) is 0 Å². The number of rotatable bonds is 3. The monoisotopic (exact) mass is 235 g/mol. The van der Waals surface area contributed by atoms with Gasteiger partial charge in [0.25, 0.3) is 0 Å². The van der Waals surface area contributed by atoms with Crippen LogP contribution in [-0.4, -0.2) is 6.04 Å². The first-order chi connectivity index (χ1) is 8.24. The van der Waals surface area contributed by atoms with Crippen LogP contribution in [0.3, 0.4) is 0 Å². The molecule has 90 valence electrons. The van der Waals surface area contributed by atoms with Crippen LogP contribution in [0, 0.1) is 23.5 Å². The Balaban J connectivity index is 1.59. The van der Waals surface area contributed by atoms with Gasteiger partial charge in [-0.2, -0.15) is 0 Å². The average Bonchev–Trinajstić information content (AvgIpc) is 2.63. The fraction of sp³-hybridized carbons (Fsp3) is 0.429. The first kappa shape index (κ1) is 10.9. The van der Waals surface area contributed by atoms with E-state index in [1.54, 1.807) is 0 Å². The predicted octanol–water partition coefficient (Wildman–Crippen LogP) is 3.02. The average molecular weight is 235 g/mol. The summed E-state index contributed by atoms with van der Waals surface area (Å²) in [4.78, 5) is 0. The smallest absolute Gasteiger partial charge is 0.130 e. The molecule has 1 nitrogen and oxygen atoms in total. The largest absolute Gasteiger partial charge is 0.309 e. The molecule has 0 aliphatic heterocycles. The highest BCUT2D eigenvalue weighted by Gasteiger charge is 2.40. The molecule has 3 rings (SSSR count). The van der Waals surface area contributed by atoms with E-state index < -0.39 is 11.6 Å². The van der Waals surface area contributed by atoms with E-state index in [0.29, 0.717) is 24.1 Å². The van der Waals surface area contributed by atoms with Crippen molar-refractivity contribution >= 4 is 0 Å². The normalized spacial score (nSPS) is 30.1. The van der Waals surface area contributed by atoms with Crippen LogP contribution in [0.15, 0.2) is 30.4 Å². The molecule has 0 amide bonds. The van der Waals surface area contributed by atoms with Crippen molar-refractivity contribution in [3.63, 3.8) is 0 Å². The van der Waals surface area contributed by atoms with E-state index >= 15 is 0 Å². The molecule has 0 spiro atoms. The number of nitrogens with one attached hydrogen (secondary N) is 1. The van der Waals surface area contributed by atoms with E-state index in [2.05, 4.69) is 17.5 Å². The maximum Gasteiger partial charge on any atom is 0.130 e. The van der Waals surface area contributed by atoms with Crippen LogP contribution in [-0.2, 0) is 6.54 Å². The summed E-state index contributed by atoms with van der Waals surface area (Å²) in [7, 11) is 0. The summed E-state index contributed by atoms with van der Waals surface area (Å²) in [6.45, 7) is 0.480. The number of fused-ring (bicyclic) bond motifs is 1. The van der Waals surface area contributed by atoms with Crippen molar-refractivity contribution < 1.29 is 8.78 Å². The van der Waals surface area contributed by atoms with Crippen LogP contribution in [0.1, 0.15) is 18.4 Å². The Morgan fingerprint density at radius 1 is 1.29 bits per heavy atom. The van der Waals surface area contributed by atoms with E-state index in [0.717, 1.165) is 12.0 Å². The number of benzene rings is 1. The minimum absolute atomic E-state index is 0.461. The number of hydrogen-bond donors (Lipinski definition) is 1. The van der Waals surface area contributed by atoms with E-state index in [9.17, 15) is 8.78 Å². The molecule has 0 radical (unpaired) electrons. The first-order valence-electron chi connectivity index (χ1n) is 6.08. The van der Waals surface area contributed by atoms with E-state index in [4.69, 9.17) is 0 Å². The molecule has 17 heavy (non-hydrogen) atoms. The fourth-order valence-corrected chi connectivity index (χ4v) is 2.85. The van der Waals surface area contributed by atoms with Gasteiger partial charge >= 0.3 is 0 Å². The van der Waals surface area contributed by atoms with Gasteiger partial charge < -0.3 is 5.32 Å². The molecule has 3 heteroatoms. The Bertz CT molecular complexity index is 456. The topological polar surface area (TPSA) is 12.0 Å². The Labute approximate surface area is 99.5 Å². The second-order valence-electron chi connectivity index (χ2n) is 4.96. The van der Waals surface area contributed by atoms with Crippen molar-refractivity contribution in [2.45, 2.75) is 25.4 Å². The SMILES string of the molecule is Fc1ccc(CNC2CC3CC=CC32)c(F)c1. The Morgan fingerprint density at radius 2 is 2.18 bits per heavy atom. The van der Waals surface area contributed by atoms with Gasteiger partial charge in [-0.1, -0.05) is 18.2 Å². The minimum Gasteiger partial charge on any atom is -0.309 e. The highest BCUT2D eigenvalue weighted by Crippen LogP contribution is 2.42. The molecule has 1 aromatic carbocycles. The Morgan fingerprint density at radius 3 is 2.94 bits per heavy atom. The summed E-state index contributed by atoms with van der Waals surface area (Å²) in [6.07, 6.45) is 6.84. The second kappa shape index (κ2) is 4.22. The van der Waals surface area contributed by atoms with E-state index in [1.165, 1.54) is 25.0 Å². The first-order valence-corrected chi connectivity index (χ1v) is 6.08. The van der Waals surface area contributed by atoms with Crippen LogP contribution in [0.25, 0.3) is 0 Å². The lowest BCUT2D eigenvalue weighted by atomic mass is 9.71. The van der Waals surface area contributed by atoms with Crippen LogP contribution in [0.2, 0.25) is 0 Å². The van der Waals surface area contributed by atoms with E-state index in [-0.39, 0.29) is 0 Å². The van der Waals surface area contributed by atoms with Crippen molar-refractivity contribution in [2.24, 2.45) is 11.8 Å². The highest BCUT2D eigenvalue weighted by atomic mass is 19.1. The zero-order chi connectivity index (χ0) is 11.8. The lowest BCUT2D eigenvalue weighted by molar-refractivity contribution is 0.162. The molecule has 0 heterocycles. The maximum absolute atomic E-state index is 13.4.